The largest absolute Gasteiger partial charge is 0.490 e. The first-order valence-corrected chi connectivity index (χ1v) is 12.4. The lowest BCUT2D eigenvalue weighted by Gasteiger charge is -2.35. The smallest absolute Gasteiger partial charge is 0.475 e. The molecule has 40 heavy (non-hydrogen) atoms. The second-order valence-electron chi connectivity index (χ2n) is 9.27. The maximum atomic E-state index is 12.5. The highest BCUT2D eigenvalue weighted by atomic mass is 19.4. The number of nitrogens with one attached hydrogen (secondary N) is 1. The topological polar surface area (TPSA) is 145 Å². The standard InChI is InChI=1S/C19H29N5O2.2C2HF3O2/c1-14-4-7-18(22-21-14)24-12-8-16-15(24)5-6-17(26-16)19(25)20-9-13-23-10-2-3-11-23;2*3-2(4,5)1(6)7/h4,7,15-17H,2-3,5-6,8-13H2,1H3,(H,20,25);2*(H,6,7)/t15-,16-,17+;;/m1../s1. The lowest BCUT2D eigenvalue weighted by atomic mass is 9.98. The van der Waals surface area contributed by atoms with Crippen molar-refractivity contribution in [1.82, 2.24) is 20.4 Å². The third kappa shape index (κ3) is 10.4. The van der Waals surface area contributed by atoms with Crippen LogP contribution in [-0.2, 0) is 19.1 Å². The van der Waals surface area contributed by atoms with E-state index in [1.165, 1.54) is 12.8 Å². The lowest BCUT2D eigenvalue weighted by molar-refractivity contribution is -0.193. The van der Waals surface area contributed by atoms with Gasteiger partial charge in [-0.25, -0.2) is 9.59 Å². The molecule has 0 aliphatic carbocycles. The summed E-state index contributed by atoms with van der Waals surface area (Å²) in [6.45, 7) is 6.85. The third-order valence-electron chi connectivity index (χ3n) is 6.33. The minimum atomic E-state index is -5.08. The van der Waals surface area contributed by atoms with Crippen molar-refractivity contribution in [3.8, 4) is 0 Å². The second-order valence-corrected chi connectivity index (χ2v) is 9.27. The number of hydrogen-bond acceptors (Lipinski definition) is 8. The van der Waals surface area contributed by atoms with Crippen LogP contribution in [0.5, 0.6) is 0 Å². The van der Waals surface area contributed by atoms with E-state index in [-0.39, 0.29) is 18.1 Å². The highest BCUT2D eigenvalue weighted by Crippen LogP contribution is 2.34. The molecule has 0 saturated carbocycles. The van der Waals surface area contributed by atoms with Gasteiger partial charge in [0.15, 0.2) is 5.82 Å². The average molecular weight is 588 g/mol. The number of carbonyl (C=O) groups is 3. The van der Waals surface area contributed by atoms with Crippen LogP contribution >= 0.6 is 0 Å². The molecule has 0 aromatic carbocycles. The summed E-state index contributed by atoms with van der Waals surface area (Å²) in [5, 5.41) is 25.8. The summed E-state index contributed by atoms with van der Waals surface area (Å²) in [4.78, 5) is 35.0. The fourth-order valence-corrected chi connectivity index (χ4v) is 4.41. The molecular weight excluding hydrogens is 556 g/mol. The zero-order chi connectivity index (χ0) is 30.1. The minimum Gasteiger partial charge on any atom is -0.475 e. The quantitative estimate of drug-likeness (QED) is 0.439. The molecule has 0 unspecified atom stereocenters. The molecule has 17 heteroatoms. The Bertz CT molecular complexity index is 964. The predicted octanol–water partition coefficient (Wildman–Crippen LogP) is 2.39. The van der Waals surface area contributed by atoms with Gasteiger partial charge in [0.05, 0.1) is 17.8 Å². The normalized spacial score (nSPS) is 22.8. The number of likely N-dealkylation sites (tertiary alicyclic amines) is 1. The van der Waals surface area contributed by atoms with E-state index in [2.05, 4.69) is 25.3 Å². The number of ether oxygens (including phenoxy) is 1. The summed E-state index contributed by atoms with van der Waals surface area (Å²) in [5.41, 5.74) is 0.926. The molecule has 1 aromatic heterocycles. The van der Waals surface area contributed by atoms with Crippen LogP contribution in [0.4, 0.5) is 32.2 Å². The van der Waals surface area contributed by atoms with E-state index in [9.17, 15) is 31.1 Å². The van der Waals surface area contributed by atoms with Gasteiger partial charge in [-0.05, 0) is 64.3 Å². The predicted molar refractivity (Wildman–Crippen MR) is 126 cm³/mol. The number of carboxylic acids is 2. The molecule has 11 nitrogen and oxygen atoms in total. The number of alkyl halides is 6. The molecule has 0 radical (unpaired) electrons. The van der Waals surface area contributed by atoms with Gasteiger partial charge in [0.1, 0.15) is 6.10 Å². The van der Waals surface area contributed by atoms with Gasteiger partial charge in [0.25, 0.3) is 0 Å². The monoisotopic (exact) mass is 587 g/mol. The first-order chi connectivity index (χ1) is 18.6. The van der Waals surface area contributed by atoms with Crippen LogP contribution in [0.15, 0.2) is 12.1 Å². The molecule has 0 bridgehead atoms. The van der Waals surface area contributed by atoms with Gasteiger partial charge in [-0.2, -0.15) is 31.4 Å². The van der Waals surface area contributed by atoms with Crippen molar-refractivity contribution < 1.29 is 55.7 Å². The average Bonchev–Trinajstić information content (AvgIpc) is 3.54. The van der Waals surface area contributed by atoms with Crippen molar-refractivity contribution in [2.24, 2.45) is 0 Å². The molecule has 3 aliphatic heterocycles. The molecule has 1 amide bonds. The Morgan fingerprint density at radius 2 is 1.52 bits per heavy atom. The van der Waals surface area contributed by atoms with Crippen molar-refractivity contribution in [2.45, 2.75) is 69.6 Å². The highest BCUT2D eigenvalue weighted by Gasteiger charge is 2.42. The van der Waals surface area contributed by atoms with Crippen molar-refractivity contribution in [2.75, 3.05) is 37.6 Å². The Morgan fingerprint density at radius 3 is 2.02 bits per heavy atom. The van der Waals surface area contributed by atoms with Gasteiger partial charge < -0.3 is 30.1 Å². The van der Waals surface area contributed by atoms with Gasteiger partial charge in [-0.3, -0.25) is 4.79 Å². The molecule has 3 saturated heterocycles. The molecule has 3 N–H and O–H groups in total. The van der Waals surface area contributed by atoms with Crippen molar-refractivity contribution >= 4 is 23.7 Å². The van der Waals surface area contributed by atoms with Gasteiger partial charge in [0.2, 0.25) is 5.91 Å². The molecule has 226 valence electrons. The first kappa shape index (κ1) is 33.0. The second kappa shape index (κ2) is 14.4. The first-order valence-electron chi connectivity index (χ1n) is 12.4. The Labute approximate surface area is 225 Å². The Hall–Kier alpha value is -3.21. The van der Waals surface area contributed by atoms with Crippen molar-refractivity contribution in [3.63, 3.8) is 0 Å². The van der Waals surface area contributed by atoms with Crippen LogP contribution in [0.2, 0.25) is 0 Å². The fraction of sp³-hybridized carbons (Fsp3) is 0.696. The number of fused-ring (bicyclic) bond motifs is 1. The van der Waals surface area contributed by atoms with Gasteiger partial charge in [-0.15, -0.1) is 5.10 Å². The fourth-order valence-electron chi connectivity index (χ4n) is 4.41. The van der Waals surface area contributed by atoms with Crippen LogP contribution in [0.3, 0.4) is 0 Å². The number of aromatic nitrogens is 2. The summed E-state index contributed by atoms with van der Waals surface area (Å²) in [5.74, 6) is -4.54. The van der Waals surface area contributed by atoms with Gasteiger partial charge >= 0.3 is 24.3 Å². The van der Waals surface area contributed by atoms with Crippen LogP contribution in [0, 0.1) is 6.92 Å². The number of nitrogens with zero attached hydrogens (tertiary/aromatic N) is 4. The highest BCUT2D eigenvalue weighted by molar-refractivity contribution is 5.81. The van der Waals surface area contributed by atoms with E-state index in [0.717, 1.165) is 63.5 Å². The maximum Gasteiger partial charge on any atom is 0.490 e. The Morgan fingerprint density at radius 1 is 0.950 bits per heavy atom. The van der Waals surface area contributed by atoms with Crippen LogP contribution in [0.25, 0.3) is 0 Å². The number of aliphatic carboxylic acids is 2. The Kier molecular flexibility index (Phi) is 11.9. The lowest BCUT2D eigenvalue weighted by Crippen LogP contribution is -2.48. The summed E-state index contributed by atoms with van der Waals surface area (Å²) in [6, 6.07) is 4.33. The minimum absolute atomic E-state index is 0.0521. The molecule has 3 fully saturated rings. The SMILES string of the molecule is Cc1ccc(N2CC[C@H]3O[C@H](C(=O)NCCN4CCCC4)CC[C@H]32)nn1.O=C(O)C(F)(F)F.O=C(O)C(F)(F)F. The molecular formula is C23H31F6N5O6. The molecule has 0 spiro atoms. The van der Waals surface area contributed by atoms with Crippen LogP contribution in [-0.4, -0.2) is 106 Å². The number of carbonyl (C=O) groups excluding carboxylic acids is 1. The Balaban J connectivity index is 0.000000333. The van der Waals surface area contributed by atoms with E-state index in [0.29, 0.717) is 6.04 Å². The van der Waals surface area contributed by atoms with Crippen LogP contribution in [0.1, 0.15) is 37.8 Å². The number of rotatable bonds is 5. The molecule has 1 aromatic rings. The number of hydrogen-bond donors (Lipinski definition) is 3. The number of anilines is 1. The molecule has 3 aliphatic rings. The number of halogens is 6. The van der Waals surface area contributed by atoms with E-state index < -0.39 is 24.3 Å². The number of amides is 1. The van der Waals surface area contributed by atoms with Crippen molar-refractivity contribution in [1.29, 1.82) is 0 Å². The summed E-state index contributed by atoms with van der Waals surface area (Å²) in [7, 11) is 0. The maximum absolute atomic E-state index is 12.5. The van der Waals surface area contributed by atoms with E-state index in [4.69, 9.17) is 24.5 Å². The summed E-state index contributed by atoms with van der Waals surface area (Å²) >= 11 is 0. The van der Waals surface area contributed by atoms with Gasteiger partial charge in [0, 0.05) is 19.6 Å². The van der Waals surface area contributed by atoms with E-state index in [1.807, 2.05) is 19.1 Å². The van der Waals surface area contributed by atoms with E-state index >= 15 is 0 Å². The molecule has 3 atom stereocenters. The van der Waals surface area contributed by atoms with Crippen LogP contribution < -0.4 is 10.2 Å². The van der Waals surface area contributed by atoms with E-state index in [1.54, 1.807) is 0 Å². The van der Waals surface area contributed by atoms with Crippen molar-refractivity contribution in [3.05, 3.63) is 17.8 Å². The molecule has 4 rings (SSSR count). The number of carboxylic acid groups (broad SMARTS) is 2. The number of aryl methyl sites for hydroxylation is 1. The third-order valence-corrected chi connectivity index (χ3v) is 6.33. The zero-order valence-electron chi connectivity index (χ0n) is 21.5. The summed E-state index contributed by atoms with van der Waals surface area (Å²) < 4.78 is 69.6. The molecule has 4 heterocycles. The van der Waals surface area contributed by atoms with Gasteiger partial charge in [-0.1, -0.05) is 0 Å². The zero-order valence-corrected chi connectivity index (χ0v) is 21.5. The summed E-state index contributed by atoms with van der Waals surface area (Å²) in [6.07, 6.45) is -5.12.